The van der Waals surface area contributed by atoms with Gasteiger partial charge in [0.15, 0.2) is 16.2 Å². The van der Waals surface area contributed by atoms with Gasteiger partial charge in [0.05, 0.1) is 26.5 Å². The lowest BCUT2D eigenvalue weighted by molar-refractivity contribution is 0.0696. The number of hydrogen-bond donors (Lipinski definition) is 4. The van der Waals surface area contributed by atoms with Crippen LogP contribution in [0.15, 0.2) is 37.4 Å². The second-order valence-corrected chi connectivity index (χ2v) is 12.8. The number of aryl methyl sites for hydroxylation is 2. The molecule has 222 valence electrons. The van der Waals surface area contributed by atoms with Gasteiger partial charge in [0.2, 0.25) is 0 Å². The monoisotopic (exact) mass is 657 g/mol. The van der Waals surface area contributed by atoms with E-state index in [1.165, 1.54) is 32.9 Å². The molecular formula is C26H21Cl2NO11S2. The van der Waals surface area contributed by atoms with Gasteiger partial charge >= 0.3 is 11.9 Å². The average Bonchev–Trinajstić information content (AvgIpc) is 2.84. The summed E-state index contributed by atoms with van der Waals surface area (Å²) in [5.41, 5.74) is -2.36. The van der Waals surface area contributed by atoms with Crippen LogP contribution in [0.1, 0.15) is 44.3 Å². The van der Waals surface area contributed by atoms with Gasteiger partial charge in [0.1, 0.15) is 4.90 Å². The Morgan fingerprint density at radius 1 is 0.881 bits per heavy atom. The molecule has 0 unspecified atom stereocenters. The van der Waals surface area contributed by atoms with E-state index in [2.05, 4.69) is 4.99 Å². The third-order valence-electron chi connectivity index (χ3n) is 6.63. The van der Waals surface area contributed by atoms with Crippen molar-refractivity contribution in [3.05, 3.63) is 61.4 Å². The number of halogens is 2. The van der Waals surface area contributed by atoms with E-state index in [9.17, 15) is 45.7 Å². The molecule has 0 spiro atoms. The summed E-state index contributed by atoms with van der Waals surface area (Å²) >= 11 is 12.8. The number of benzene rings is 3. The van der Waals surface area contributed by atoms with Gasteiger partial charge in [-0.25, -0.2) is 9.59 Å². The highest BCUT2D eigenvalue weighted by Gasteiger charge is 2.35. The van der Waals surface area contributed by atoms with Crippen LogP contribution in [-0.4, -0.2) is 54.6 Å². The van der Waals surface area contributed by atoms with Crippen molar-refractivity contribution in [1.29, 1.82) is 0 Å². The third-order valence-corrected chi connectivity index (χ3v) is 9.22. The summed E-state index contributed by atoms with van der Waals surface area (Å²) in [4.78, 5) is 26.9. The quantitative estimate of drug-likeness (QED) is 0.155. The molecule has 1 aliphatic heterocycles. The van der Waals surface area contributed by atoms with Crippen LogP contribution in [0.4, 0.5) is 0 Å². The van der Waals surface area contributed by atoms with Crippen LogP contribution in [-0.2, 0) is 20.2 Å². The molecule has 16 heteroatoms. The van der Waals surface area contributed by atoms with Gasteiger partial charge in [-0.3, -0.25) is 14.1 Å². The summed E-state index contributed by atoms with van der Waals surface area (Å²) in [6.07, 6.45) is 0. The van der Waals surface area contributed by atoms with E-state index >= 15 is 0 Å². The number of carboxylic acids is 2. The second-order valence-electron chi connectivity index (χ2n) is 9.25. The fourth-order valence-corrected chi connectivity index (χ4v) is 7.24. The van der Waals surface area contributed by atoms with Crippen LogP contribution in [0, 0.1) is 20.8 Å². The number of rotatable bonds is 6. The van der Waals surface area contributed by atoms with Gasteiger partial charge in [0.25, 0.3) is 20.2 Å². The molecule has 42 heavy (non-hydrogen) atoms. The molecule has 4 N–H and O–H groups in total. The van der Waals surface area contributed by atoms with Gasteiger partial charge in [0, 0.05) is 28.6 Å². The molecule has 2 aliphatic rings. The standard InChI is InChI=1S/C26H21Cl2NO11S2/c1-5-29-20-10(3)7-13-16(17-15(27)8-14(25(30)31)19(28)18(17)26(32)33)12-6-9(2)11(4)23(41(34,35)36)21(12)40-22(13)24(20)42(37,38)39/h6-8H,5H2,1-4H3,(H,30,31)(H,32,33)(H,34,35,36)(H,37,38,39). The summed E-state index contributed by atoms with van der Waals surface area (Å²) in [6, 6.07) is 3.64. The first-order valence-electron chi connectivity index (χ1n) is 11.8. The number of hydrogen-bond acceptors (Lipinski definition) is 8. The van der Waals surface area contributed by atoms with Gasteiger partial charge in [-0.15, -0.1) is 0 Å². The van der Waals surface area contributed by atoms with Crippen molar-refractivity contribution in [3.63, 3.8) is 0 Å². The maximum Gasteiger partial charge on any atom is 0.337 e. The Morgan fingerprint density at radius 2 is 1.48 bits per heavy atom. The SMILES string of the molecule is CCN=c1c(C)cc2c(-c3c(Cl)cc(C(=O)O)c(Cl)c3C(=O)O)c3cc(C)c(C)c(S(=O)(=O)O)c3oc-2c1S(=O)(=O)O. The molecule has 0 saturated carbocycles. The van der Waals surface area contributed by atoms with E-state index in [1.807, 2.05) is 0 Å². The fraction of sp³-hybridized carbons (Fsp3) is 0.192. The molecular weight excluding hydrogens is 637 g/mol. The Hall–Kier alpha value is -3.53. The lowest BCUT2D eigenvalue weighted by Gasteiger charge is -2.23. The van der Waals surface area contributed by atoms with Crippen molar-refractivity contribution in [1.82, 2.24) is 0 Å². The highest BCUT2D eigenvalue weighted by molar-refractivity contribution is 7.86. The van der Waals surface area contributed by atoms with Crippen LogP contribution >= 0.6 is 23.2 Å². The topological polar surface area (TPSA) is 209 Å². The molecule has 0 aromatic heterocycles. The zero-order valence-corrected chi connectivity index (χ0v) is 25.3. The molecule has 12 nitrogen and oxygen atoms in total. The van der Waals surface area contributed by atoms with E-state index in [-0.39, 0.29) is 45.1 Å². The van der Waals surface area contributed by atoms with E-state index in [4.69, 9.17) is 27.6 Å². The zero-order chi connectivity index (χ0) is 31.6. The molecule has 1 heterocycles. The minimum Gasteiger partial charge on any atom is -0.478 e. The summed E-state index contributed by atoms with van der Waals surface area (Å²) in [5.74, 6) is -3.95. The molecule has 0 fully saturated rings. The largest absolute Gasteiger partial charge is 0.478 e. The minimum atomic E-state index is -5.15. The summed E-state index contributed by atoms with van der Waals surface area (Å²) < 4.78 is 77.1. The Bertz CT molecular complexity index is 2130. The zero-order valence-electron chi connectivity index (χ0n) is 22.1. The van der Waals surface area contributed by atoms with Crippen molar-refractivity contribution >= 4 is 66.3 Å². The first-order valence-corrected chi connectivity index (χ1v) is 15.4. The average molecular weight is 658 g/mol. The van der Waals surface area contributed by atoms with Gasteiger partial charge in [-0.2, -0.15) is 16.8 Å². The Labute approximate surface area is 248 Å². The number of nitrogens with zero attached hydrogens (tertiary/aromatic N) is 1. The molecule has 1 aliphatic carbocycles. The predicted octanol–water partition coefficient (Wildman–Crippen LogP) is 5.25. The van der Waals surface area contributed by atoms with Crippen LogP contribution < -0.4 is 5.36 Å². The summed E-state index contributed by atoms with van der Waals surface area (Å²) in [6.45, 7) is 5.96. The van der Waals surface area contributed by atoms with Crippen LogP contribution in [0.2, 0.25) is 10.0 Å². The fourth-order valence-electron chi connectivity index (χ4n) is 4.84. The molecule has 0 radical (unpaired) electrons. The number of carbonyl (C=O) groups is 2. The number of carboxylic acid groups (broad SMARTS) is 2. The van der Waals surface area contributed by atoms with Gasteiger partial charge < -0.3 is 14.6 Å². The molecule has 2 aromatic carbocycles. The van der Waals surface area contributed by atoms with Crippen LogP contribution in [0.3, 0.4) is 0 Å². The molecule has 2 aromatic rings. The highest BCUT2D eigenvalue weighted by atomic mass is 35.5. The Balaban J connectivity index is 2.54. The number of fused-ring (bicyclic) bond motifs is 2. The van der Waals surface area contributed by atoms with E-state index in [0.717, 1.165) is 6.07 Å². The van der Waals surface area contributed by atoms with Crippen molar-refractivity contribution in [3.8, 4) is 22.5 Å². The molecule has 4 rings (SSSR count). The van der Waals surface area contributed by atoms with Crippen molar-refractivity contribution in [2.24, 2.45) is 4.99 Å². The molecule has 0 bridgehead atoms. The van der Waals surface area contributed by atoms with E-state index < -0.39 is 80.0 Å². The third kappa shape index (κ3) is 5.03. The Morgan fingerprint density at radius 3 is 1.98 bits per heavy atom. The van der Waals surface area contributed by atoms with Crippen LogP contribution in [0.25, 0.3) is 33.4 Å². The summed E-state index contributed by atoms with van der Waals surface area (Å²) in [5, 5.41) is 18.2. The van der Waals surface area contributed by atoms with Crippen molar-refractivity contribution in [2.45, 2.75) is 37.5 Å². The van der Waals surface area contributed by atoms with Gasteiger partial charge in [-0.1, -0.05) is 23.2 Å². The minimum absolute atomic E-state index is 0.0156. The molecule has 0 saturated heterocycles. The first-order chi connectivity index (χ1) is 19.3. The predicted molar refractivity (Wildman–Crippen MR) is 152 cm³/mol. The van der Waals surface area contributed by atoms with Crippen molar-refractivity contribution < 1.29 is 50.2 Å². The molecule has 0 atom stereocenters. The lowest BCUT2D eigenvalue weighted by atomic mass is 9.88. The maximum absolute atomic E-state index is 12.8. The van der Waals surface area contributed by atoms with Gasteiger partial charge in [-0.05, 0) is 62.6 Å². The normalized spacial score (nSPS) is 12.8. The van der Waals surface area contributed by atoms with Crippen molar-refractivity contribution in [2.75, 3.05) is 6.54 Å². The second kappa shape index (κ2) is 10.6. The van der Waals surface area contributed by atoms with E-state index in [0.29, 0.717) is 0 Å². The smallest absolute Gasteiger partial charge is 0.337 e. The number of aromatic carboxylic acids is 2. The van der Waals surface area contributed by atoms with Crippen LogP contribution in [0.5, 0.6) is 0 Å². The highest BCUT2D eigenvalue weighted by Crippen LogP contribution is 2.49. The lowest BCUT2D eigenvalue weighted by Crippen LogP contribution is -2.21. The summed E-state index contributed by atoms with van der Waals surface area (Å²) in [7, 11) is -10.2. The first kappa shape index (κ1) is 31.4. The Kier molecular flexibility index (Phi) is 7.95. The molecule has 0 amide bonds. The maximum atomic E-state index is 12.8. The van der Waals surface area contributed by atoms with E-state index in [1.54, 1.807) is 6.92 Å².